The molecule has 0 spiro atoms. The Hall–Kier alpha value is -1.81. The van der Waals surface area contributed by atoms with Gasteiger partial charge < -0.3 is 36.4 Å². The SMILES string of the molecule is Bc1c(O)c(B)c([C@@H]2C[C@@H](CCC(C)(C)N(C(B)(B)O)C(O)(O)CN)c3cc(Cl)ccc32)c(O)c1O. The van der Waals surface area contributed by atoms with Crippen LogP contribution in [0.15, 0.2) is 18.2 Å². The van der Waals surface area contributed by atoms with E-state index in [1.54, 1.807) is 21.8 Å². The first-order chi connectivity index (χ1) is 16.4. The highest BCUT2D eigenvalue weighted by Crippen LogP contribution is 2.51. The van der Waals surface area contributed by atoms with Crippen LogP contribution in [0.25, 0.3) is 0 Å². The van der Waals surface area contributed by atoms with Gasteiger partial charge in [0.05, 0.1) is 12.1 Å². The highest BCUT2D eigenvalue weighted by molar-refractivity contribution is 6.43. The van der Waals surface area contributed by atoms with Crippen LogP contribution in [-0.4, -0.2) is 90.4 Å². The fourth-order valence-corrected chi connectivity index (χ4v) is 6.31. The van der Waals surface area contributed by atoms with E-state index in [1.165, 1.54) is 20.6 Å². The monoisotopic (exact) mass is 514 g/mol. The minimum atomic E-state index is -2.42. The number of fused-ring (bicyclic) bond motifs is 1. The van der Waals surface area contributed by atoms with Crippen molar-refractivity contribution in [3.63, 3.8) is 0 Å². The second-order valence-corrected chi connectivity index (χ2v) is 11.6. The Morgan fingerprint density at radius 3 is 2.17 bits per heavy atom. The molecular weight excluding hydrogens is 479 g/mol. The largest absolute Gasteiger partial charge is 0.509 e. The van der Waals surface area contributed by atoms with Gasteiger partial charge in [-0.05, 0) is 73.2 Å². The van der Waals surface area contributed by atoms with E-state index in [9.17, 15) is 30.6 Å². The first-order valence-electron chi connectivity index (χ1n) is 12.1. The van der Waals surface area contributed by atoms with Gasteiger partial charge in [-0.2, -0.15) is 0 Å². The molecule has 8 N–H and O–H groups in total. The molecule has 36 heavy (non-hydrogen) atoms. The zero-order valence-electron chi connectivity index (χ0n) is 21.8. The molecule has 3 rings (SSSR count). The zero-order chi connectivity index (χ0) is 27.4. The first-order valence-corrected chi connectivity index (χ1v) is 12.5. The van der Waals surface area contributed by atoms with Crippen LogP contribution >= 0.6 is 11.6 Å². The predicted octanol–water partition coefficient (Wildman–Crippen LogP) is -3.08. The van der Waals surface area contributed by atoms with Gasteiger partial charge in [-0.15, -0.1) is 0 Å². The quantitative estimate of drug-likeness (QED) is 0.0849. The van der Waals surface area contributed by atoms with Crippen LogP contribution in [0.4, 0.5) is 0 Å². The Morgan fingerprint density at radius 2 is 1.61 bits per heavy atom. The van der Waals surface area contributed by atoms with Crippen molar-refractivity contribution in [1.82, 2.24) is 4.90 Å². The molecule has 2 aromatic carbocycles. The van der Waals surface area contributed by atoms with Crippen molar-refractivity contribution in [1.29, 1.82) is 0 Å². The molecule has 0 saturated carbocycles. The molecule has 0 saturated heterocycles. The average molecular weight is 514 g/mol. The van der Waals surface area contributed by atoms with Crippen molar-refractivity contribution in [2.75, 3.05) is 6.54 Å². The average Bonchev–Trinajstić information content (AvgIpc) is 3.11. The van der Waals surface area contributed by atoms with Gasteiger partial charge >= 0.3 is 0 Å². The van der Waals surface area contributed by atoms with Gasteiger partial charge in [0.1, 0.15) is 37.1 Å². The number of halogens is 1. The van der Waals surface area contributed by atoms with Gasteiger partial charge in [0.2, 0.25) is 5.91 Å². The van der Waals surface area contributed by atoms with Crippen molar-refractivity contribution in [3.8, 4) is 17.2 Å². The van der Waals surface area contributed by atoms with E-state index in [0.29, 0.717) is 35.3 Å². The lowest BCUT2D eigenvalue weighted by Crippen LogP contribution is -2.71. The van der Waals surface area contributed by atoms with Crippen molar-refractivity contribution in [3.05, 3.63) is 39.9 Å². The summed E-state index contributed by atoms with van der Waals surface area (Å²) in [6.07, 6.45) is 1.66. The molecule has 0 radical (unpaired) electrons. The molecule has 1 aliphatic rings. The molecule has 0 unspecified atom stereocenters. The van der Waals surface area contributed by atoms with Crippen LogP contribution in [0.5, 0.6) is 17.2 Å². The maximum Gasteiger partial charge on any atom is 0.239 e. The number of hydrogen-bond acceptors (Lipinski definition) is 8. The second kappa shape index (κ2) is 9.82. The van der Waals surface area contributed by atoms with Gasteiger partial charge in [0.15, 0.2) is 11.5 Å². The molecule has 1 aliphatic carbocycles. The topological polar surface area (TPSA) is 151 Å². The number of nitrogens with zero attached hydrogens (tertiary/aromatic N) is 1. The number of phenolic OH excluding ortho intramolecular Hbond substituents is 3. The number of rotatable bonds is 8. The zero-order valence-corrected chi connectivity index (χ0v) is 22.6. The second-order valence-electron chi connectivity index (χ2n) is 11.1. The van der Waals surface area contributed by atoms with E-state index in [-0.39, 0.29) is 34.5 Å². The normalized spacial score (nSPS) is 18.6. The maximum atomic E-state index is 10.9. The summed E-state index contributed by atoms with van der Waals surface area (Å²) in [5.41, 5.74) is 6.34. The van der Waals surface area contributed by atoms with Crippen LogP contribution in [-0.2, 0) is 0 Å². The third-order valence-electron chi connectivity index (χ3n) is 7.57. The lowest BCUT2D eigenvalue weighted by molar-refractivity contribution is -0.313. The fraction of sp³-hybridized carbons (Fsp3) is 0.478. The lowest BCUT2D eigenvalue weighted by Gasteiger charge is -2.52. The minimum Gasteiger partial charge on any atom is -0.509 e. The number of nitrogens with two attached hydrogens (primary N) is 1. The molecular formula is C23H35B4ClN2O6. The predicted molar refractivity (Wildman–Crippen MR) is 152 cm³/mol. The minimum absolute atomic E-state index is 0.0133. The number of hydrogen-bond donors (Lipinski definition) is 7. The van der Waals surface area contributed by atoms with E-state index >= 15 is 0 Å². The number of benzene rings is 2. The molecule has 0 aromatic heterocycles. The van der Waals surface area contributed by atoms with Crippen LogP contribution in [0, 0.1) is 0 Å². The molecule has 0 fully saturated rings. The third kappa shape index (κ3) is 5.12. The van der Waals surface area contributed by atoms with E-state index in [1.807, 2.05) is 26.0 Å². The Morgan fingerprint density at radius 1 is 1.00 bits per heavy atom. The maximum absolute atomic E-state index is 10.9. The Balaban J connectivity index is 2.00. The summed E-state index contributed by atoms with van der Waals surface area (Å²) in [7, 11) is 6.23. The summed E-state index contributed by atoms with van der Waals surface area (Å²) < 4.78 is 0. The van der Waals surface area contributed by atoms with Gasteiger partial charge in [-0.3, -0.25) is 0 Å². The van der Waals surface area contributed by atoms with Gasteiger partial charge in [0.25, 0.3) is 0 Å². The molecule has 0 bridgehead atoms. The molecule has 0 heterocycles. The van der Waals surface area contributed by atoms with Gasteiger partial charge in [-0.25, -0.2) is 4.90 Å². The van der Waals surface area contributed by atoms with Crippen LogP contribution < -0.4 is 16.7 Å². The van der Waals surface area contributed by atoms with Gasteiger partial charge in [-0.1, -0.05) is 17.7 Å². The lowest BCUT2D eigenvalue weighted by atomic mass is 9.68. The van der Waals surface area contributed by atoms with Crippen molar-refractivity contribution in [2.24, 2.45) is 5.73 Å². The molecule has 0 amide bonds. The molecule has 192 valence electrons. The molecule has 2 atom stereocenters. The highest BCUT2D eigenvalue weighted by Gasteiger charge is 2.48. The summed E-state index contributed by atoms with van der Waals surface area (Å²) >= 11 is 6.34. The Labute approximate surface area is 220 Å². The summed E-state index contributed by atoms with van der Waals surface area (Å²) in [5.74, 6) is -3.34. The summed E-state index contributed by atoms with van der Waals surface area (Å²) in [6.45, 7) is 3.15. The third-order valence-corrected chi connectivity index (χ3v) is 7.81. The first kappa shape index (κ1) is 28.8. The van der Waals surface area contributed by atoms with Crippen LogP contribution in [0.1, 0.15) is 61.6 Å². The summed E-state index contributed by atoms with van der Waals surface area (Å²) in [4.78, 5) is 1.21. The molecule has 0 aliphatic heterocycles. The molecule has 8 nitrogen and oxygen atoms in total. The highest BCUT2D eigenvalue weighted by atomic mass is 35.5. The number of phenols is 3. The van der Waals surface area contributed by atoms with Crippen LogP contribution in [0.2, 0.25) is 5.02 Å². The van der Waals surface area contributed by atoms with E-state index in [2.05, 4.69) is 0 Å². The van der Waals surface area contributed by atoms with E-state index in [0.717, 1.165) is 11.1 Å². The standard InChI is InChI=1S/C23H35B4ClN2O6/c1-21(2,30(23(26,27)36)22(34,35)9-29)6-5-10-7-14(12-4-3-11(28)8-13(10)12)15-16(24)19(32)17(25)20(33)18(15)31/h3-4,8,10,14,31-36H,5-7,9,24-27,29H2,1-2H3/t10-,14-/m1/s1. The molecule has 13 heteroatoms. The number of aromatic hydroxyl groups is 3. The van der Waals surface area contributed by atoms with Crippen molar-refractivity contribution in [2.45, 2.75) is 61.9 Å². The van der Waals surface area contributed by atoms with Gasteiger partial charge in [0, 0.05) is 22.0 Å². The number of aliphatic hydroxyl groups is 3. The van der Waals surface area contributed by atoms with E-state index < -0.39 is 23.5 Å². The fourth-order valence-electron chi connectivity index (χ4n) is 6.13. The van der Waals surface area contributed by atoms with Crippen molar-refractivity contribution < 1.29 is 30.6 Å². The molecule has 2 aromatic rings. The smallest absolute Gasteiger partial charge is 0.239 e. The summed E-state index contributed by atoms with van der Waals surface area (Å²) in [6, 6.07) is 5.58. The van der Waals surface area contributed by atoms with Crippen molar-refractivity contribution >= 4 is 53.9 Å². The summed E-state index contributed by atoms with van der Waals surface area (Å²) in [5, 5.41) is 64.3. The Kier molecular flexibility index (Phi) is 7.84. The Bertz CT molecular complexity index is 1130. The van der Waals surface area contributed by atoms with Crippen LogP contribution in [0.3, 0.4) is 0 Å². The van der Waals surface area contributed by atoms with E-state index in [4.69, 9.17) is 17.3 Å².